The van der Waals surface area contributed by atoms with Gasteiger partial charge in [0.05, 0.1) is 0 Å². The summed E-state index contributed by atoms with van der Waals surface area (Å²) in [7, 11) is 0. The van der Waals surface area contributed by atoms with Crippen molar-refractivity contribution in [2.75, 3.05) is 0 Å². The van der Waals surface area contributed by atoms with E-state index in [1.54, 1.807) is 16.7 Å². The van der Waals surface area contributed by atoms with Crippen LogP contribution in [0.5, 0.6) is 0 Å². The van der Waals surface area contributed by atoms with Gasteiger partial charge in [-0.25, -0.2) is 0 Å². The quantitative estimate of drug-likeness (QED) is 0.489. The van der Waals surface area contributed by atoms with Crippen molar-refractivity contribution >= 4 is 0 Å². The Morgan fingerprint density at radius 2 is 1.22 bits per heavy atom. The van der Waals surface area contributed by atoms with E-state index < -0.39 is 0 Å². The van der Waals surface area contributed by atoms with Crippen LogP contribution >= 0.6 is 0 Å². The minimum absolute atomic E-state index is 1.20. The van der Waals surface area contributed by atoms with E-state index in [4.69, 9.17) is 0 Å². The first-order valence-electron chi connectivity index (χ1n) is 7.93. The molecule has 0 atom stereocenters. The highest BCUT2D eigenvalue weighted by molar-refractivity contribution is 5.35. The molecule has 1 rings (SSSR count). The maximum absolute atomic E-state index is 2.35. The van der Waals surface area contributed by atoms with Crippen LogP contribution in [-0.2, 0) is 19.3 Å². The summed E-state index contributed by atoms with van der Waals surface area (Å²) < 4.78 is 0. The number of rotatable bonds is 9. The van der Waals surface area contributed by atoms with Crippen molar-refractivity contribution in [2.24, 2.45) is 0 Å². The van der Waals surface area contributed by atoms with Crippen molar-refractivity contribution in [1.29, 1.82) is 0 Å². The third-order valence-corrected chi connectivity index (χ3v) is 3.82. The molecule has 0 radical (unpaired) electrons. The molecule has 0 aliphatic carbocycles. The monoisotopic (exact) mass is 246 g/mol. The molecule has 1 aromatic rings. The molecule has 0 unspecified atom stereocenters. The van der Waals surface area contributed by atoms with E-state index in [2.05, 4.69) is 39.0 Å². The van der Waals surface area contributed by atoms with Crippen molar-refractivity contribution < 1.29 is 0 Å². The summed E-state index contributed by atoms with van der Waals surface area (Å²) in [4.78, 5) is 0. The maximum atomic E-state index is 2.35. The van der Waals surface area contributed by atoms with E-state index in [9.17, 15) is 0 Å². The largest absolute Gasteiger partial charge is 0.0654 e. The lowest BCUT2D eigenvalue weighted by atomic mass is 9.92. The molecule has 1 aromatic carbocycles. The average Bonchev–Trinajstić information content (AvgIpc) is 2.39. The first kappa shape index (κ1) is 15.3. The second kappa shape index (κ2) is 9.19. The molecule has 0 amide bonds. The van der Waals surface area contributed by atoms with Gasteiger partial charge >= 0.3 is 0 Å². The van der Waals surface area contributed by atoms with Gasteiger partial charge in [0.1, 0.15) is 0 Å². The second-order valence-electron chi connectivity index (χ2n) is 5.32. The number of hydrogen-bond acceptors (Lipinski definition) is 0. The molecule has 0 heteroatoms. The SMILES string of the molecule is CCCCCc1cccc(CCCCC)c1CC. The Hall–Kier alpha value is -0.780. The first-order chi connectivity index (χ1) is 8.83. The van der Waals surface area contributed by atoms with Crippen LogP contribution in [0.25, 0.3) is 0 Å². The molecule has 0 saturated heterocycles. The number of benzene rings is 1. The summed E-state index contributed by atoms with van der Waals surface area (Å²) >= 11 is 0. The van der Waals surface area contributed by atoms with Crippen molar-refractivity contribution in [3.63, 3.8) is 0 Å². The van der Waals surface area contributed by atoms with Crippen molar-refractivity contribution in [3.05, 3.63) is 34.9 Å². The molecule has 0 bridgehead atoms. The van der Waals surface area contributed by atoms with E-state index in [1.807, 2.05) is 0 Å². The average molecular weight is 246 g/mol. The highest BCUT2D eigenvalue weighted by Gasteiger charge is 2.06. The lowest BCUT2D eigenvalue weighted by Gasteiger charge is -2.13. The van der Waals surface area contributed by atoms with Crippen molar-refractivity contribution in [3.8, 4) is 0 Å². The van der Waals surface area contributed by atoms with Gasteiger partial charge in [0, 0.05) is 0 Å². The zero-order valence-corrected chi connectivity index (χ0v) is 12.6. The lowest BCUT2D eigenvalue weighted by Crippen LogP contribution is -2.00. The predicted octanol–water partition coefficient (Wildman–Crippen LogP) is 5.71. The van der Waals surface area contributed by atoms with E-state index in [1.165, 1.54) is 57.8 Å². The normalized spacial score (nSPS) is 10.8. The molecule has 0 aromatic heterocycles. The van der Waals surface area contributed by atoms with Gasteiger partial charge in [0.15, 0.2) is 0 Å². The van der Waals surface area contributed by atoms with Crippen molar-refractivity contribution in [1.82, 2.24) is 0 Å². The van der Waals surface area contributed by atoms with Crippen LogP contribution in [0.3, 0.4) is 0 Å². The molecule has 0 nitrogen and oxygen atoms in total. The van der Waals surface area contributed by atoms with Crippen LogP contribution in [0.1, 0.15) is 76.0 Å². The van der Waals surface area contributed by atoms with E-state index in [0.29, 0.717) is 0 Å². The third-order valence-electron chi connectivity index (χ3n) is 3.82. The maximum Gasteiger partial charge on any atom is -0.0276 e. The van der Waals surface area contributed by atoms with Crippen LogP contribution in [0.2, 0.25) is 0 Å². The fourth-order valence-electron chi connectivity index (χ4n) is 2.74. The van der Waals surface area contributed by atoms with Gasteiger partial charge < -0.3 is 0 Å². The summed E-state index contributed by atoms with van der Waals surface area (Å²) in [5, 5.41) is 0. The minimum atomic E-state index is 1.20. The molecule has 0 aliphatic heterocycles. The lowest BCUT2D eigenvalue weighted by molar-refractivity contribution is 0.701. The number of hydrogen-bond donors (Lipinski definition) is 0. The molecule has 0 saturated carbocycles. The fraction of sp³-hybridized carbons (Fsp3) is 0.667. The first-order valence-corrected chi connectivity index (χ1v) is 7.93. The van der Waals surface area contributed by atoms with Gasteiger partial charge in [0.2, 0.25) is 0 Å². The van der Waals surface area contributed by atoms with Gasteiger partial charge in [-0.1, -0.05) is 64.7 Å². The molecule has 0 fully saturated rings. The molecule has 18 heavy (non-hydrogen) atoms. The Kier molecular flexibility index (Phi) is 7.80. The summed E-state index contributed by atoms with van der Waals surface area (Å²) in [6.07, 6.45) is 11.8. The highest BCUT2D eigenvalue weighted by Crippen LogP contribution is 2.20. The highest BCUT2D eigenvalue weighted by atomic mass is 14.1. The van der Waals surface area contributed by atoms with Gasteiger partial charge in [-0.3, -0.25) is 0 Å². The Morgan fingerprint density at radius 3 is 1.61 bits per heavy atom. The van der Waals surface area contributed by atoms with E-state index in [0.717, 1.165) is 0 Å². The summed E-state index contributed by atoms with van der Waals surface area (Å²) in [6, 6.07) is 6.96. The molecule has 0 N–H and O–H groups in total. The Labute approximate surface area is 114 Å². The fourth-order valence-corrected chi connectivity index (χ4v) is 2.74. The standard InChI is InChI=1S/C18H30/c1-4-7-9-12-16-14-11-15-17(18(16)6-3)13-10-8-5-2/h11,14-15H,4-10,12-13H2,1-3H3. The van der Waals surface area contributed by atoms with Crippen LogP contribution in [0.4, 0.5) is 0 Å². The topological polar surface area (TPSA) is 0 Å². The molecular formula is C18H30. The van der Waals surface area contributed by atoms with Crippen LogP contribution in [0.15, 0.2) is 18.2 Å². The smallest absolute Gasteiger partial charge is 0.0276 e. The third kappa shape index (κ3) is 4.84. The van der Waals surface area contributed by atoms with Crippen LogP contribution in [-0.4, -0.2) is 0 Å². The molecule has 0 aliphatic rings. The Balaban J connectivity index is 2.68. The van der Waals surface area contributed by atoms with Gasteiger partial charge in [-0.05, 0) is 48.8 Å². The zero-order chi connectivity index (χ0) is 13.2. The van der Waals surface area contributed by atoms with Gasteiger partial charge in [0.25, 0.3) is 0 Å². The number of unbranched alkanes of at least 4 members (excludes halogenated alkanes) is 4. The van der Waals surface area contributed by atoms with E-state index >= 15 is 0 Å². The molecule has 0 spiro atoms. The summed E-state index contributed by atoms with van der Waals surface area (Å²) in [6.45, 7) is 6.87. The summed E-state index contributed by atoms with van der Waals surface area (Å²) in [5.41, 5.74) is 4.87. The van der Waals surface area contributed by atoms with Crippen LogP contribution in [0, 0.1) is 0 Å². The molecule has 0 heterocycles. The molecular weight excluding hydrogens is 216 g/mol. The van der Waals surface area contributed by atoms with Crippen LogP contribution < -0.4 is 0 Å². The predicted molar refractivity (Wildman–Crippen MR) is 82.3 cm³/mol. The van der Waals surface area contributed by atoms with Crippen molar-refractivity contribution in [2.45, 2.75) is 78.6 Å². The van der Waals surface area contributed by atoms with Gasteiger partial charge in [-0.2, -0.15) is 0 Å². The van der Waals surface area contributed by atoms with E-state index in [-0.39, 0.29) is 0 Å². The Bertz CT molecular complexity index is 297. The minimum Gasteiger partial charge on any atom is -0.0654 e. The molecule has 102 valence electrons. The second-order valence-corrected chi connectivity index (χ2v) is 5.32. The number of aryl methyl sites for hydroxylation is 2. The zero-order valence-electron chi connectivity index (χ0n) is 12.6. The van der Waals surface area contributed by atoms with Gasteiger partial charge in [-0.15, -0.1) is 0 Å². The summed E-state index contributed by atoms with van der Waals surface area (Å²) in [5.74, 6) is 0. The Morgan fingerprint density at radius 1 is 0.722 bits per heavy atom.